The van der Waals surface area contributed by atoms with E-state index in [1.165, 1.54) is 49.0 Å². The van der Waals surface area contributed by atoms with E-state index in [1.807, 2.05) is 72.8 Å². The summed E-state index contributed by atoms with van der Waals surface area (Å²) in [7, 11) is 0. The molecule has 0 aliphatic carbocycles. The molecular weight excluding hydrogens is 719 g/mol. The van der Waals surface area contributed by atoms with E-state index >= 15 is 0 Å². The zero-order chi connectivity index (χ0) is 39.0. The van der Waals surface area contributed by atoms with Crippen LogP contribution in [0.5, 0.6) is 0 Å². The van der Waals surface area contributed by atoms with E-state index in [0.717, 1.165) is 49.3 Å². The van der Waals surface area contributed by atoms with Gasteiger partial charge in [0.05, 0.1) is 17.6 Å². The van der Waals surface area contributed by atoms with Gasteiger partial charge in [0.25, 0.3) is 0 Å². The van der Waals surface area contributed by atoms with Crippen molar-refractivity contribution in [2.24, 2.45) is 0 Å². The Morgan fingerprint density at radius 1 is 0.373 bits per heavy atom. The summed E-state index contributed by atoms with van der Waals surface area (Å²) >= 11 is 0. The van der Waals surface area contributed by atoms with E-state index in [1.54, 1.807) is 0 Å². The Morgan fingerprint density at radius 2 is 0.847 bits per heavy atom. The van der Waals surface area contributed by atoms with Gasteiger partial charge in [0, 0.05) is 21.9 Å². The monoisotopic (exact) mass is 749 g/mol. The van der Waals surface area contributed by atoms with Crippen molar-refractivity contribution < 1.29 is 0 Å². The van der Waals surface area contributed by atoms with E-state index in [2.05, 4.69) is 125 Å². The first-order chi connectivity index (χ1) is 29.2. The molecule has 0 fully saturated rings. The van der Waals surface area contributed by atoms with E-state index in [9.17, 15) is 0 Å². The van der Waals surface area contributed by atoms with Gasteiger partial charge in [-0.2, -0.15) is 9.97 Å². The highest BCUT2D eigenvalue weighted by Gasteiger charge is 2.25. The maximum absolute atomic E-state index is 8.16. The molecule has 12 aromatic rings. The van der Waals surface area contributed by atoms with E-state index in [4.69, 9.17) is 21.5 Å². The molecule has 0 aliphatic heterocycles. The Bertz CT molecular complexity index is 3550. The van der Waals surface area contributed by atoms with Crippen molar-refractivity contribution in [3.05, 3.63) is 199 Å². The average molecular weight is 750 g/mol. The zero-order valence-electron chi connectivity index (χ0n) is 31.6. The molecule has 0 unspecified atom stereocenters. The van der Waals surface area contributed by atoms with Crippen molar-refractivity contribution in [3.63, 3.8) is 0 Å². The van der Waals surface area contributed by atoms with Crippen LogP contribution < -0.4 is 0 Å². The largest absolute Gasteiger partial charge is 0.278 e. The van der Waals surface area contributed by atoms with Crippen LogP contribution in [0.2, 0.25) is 0 Å². The molecule has 0 bridgehead atoms. The van der Waals surface area contributed by atoms with Gasteiger partial charge in [-0.25, -0.2) is 9.83 Å². The van der Waals surface area contributed by atoms with Crippen LogP contribution in [-0.2, 0) is 0 Å². The number of benzene rings is 10. The first-order valence-corrected chi connectivity index (χ1v) is 19.7. The minimum Gasteiger partial charge on any atom is -0.278 e. The molecule has 0 amide bonds. The second-order valence-corrected chi connectivity index (χ2v) is 15.0. The van der Waals surface area contributed by atoms with Crippen molar-refractivity contribution in [2.75, 3.05) is 0 Å². The van der Waals surface area contributed by atoms with E-state index < -0.39 is 0 Å². The molecule has 0 saturated carbocycles. The van der Waals surface area contributed by atoms with E-state index in [-0.39, 0.29) is 0 Å². The van der Waals surface area contributed by atoms with Gasteiger partial charge in [-0.1, -0.05) is 176 Å². The number of nitrogens with zero attached hydrogens (tertiary/aromatic N) is 5. The summed E-state index contributed by atoms with van der Waals surface area (Å²) in [6.07, 6.45) is 0. The highest BCUT2D eigenvalue weighted by atomic mass is 15.2. The highest BCUT2D eigenvalue weighted by Crippen LogP contribution is 2.50. The summed E-state index contributed by atoms with van der Waals surface area (Å²) < 4.78 is 2.16. The van der Waals surface area contributed by atoms with Gasteiger partial charge in [-0.05, 0) is 77.5 Å². The van der Waals surface area contributed by atoms with Gasteiger partial charge in [0.15, 0.2) is 17.3 Å². The Kier molecular flexibility index (Phi) is 7.22. The zero-order valence-corrected chi connectivity index (χ0v) is 31.6. The molecule has 10 aromatic carbocycles. The number of fused-ring (bicyclic) bond motifs is 3. The minimum atomic E-state index is 0.523. The molecule has 5 nitrogen and oxygen atoms in total. The van der Waals surface area contributed by atoms with Crippen molar-refractivity contribution in [1.29, 1.82) is 0 Å². The number of rotatable bonds is 5. The minimum absolute atomic E-state index is 0.523. The molecule has 2 heterocycles. The molecule has 0 aliphatic rings. The van der Waals surface area contributed by atoms with Crippen LogP contribution in [0.15, 0.2) is 188 Å². The first-order valence-electron chi connectivity index (χ1n) is 19.7. The van der Waals surface area contributed by atoms with Gasteiger partial charge >= 0.3 is 0 Å². The molecule has 0 spiro atoms. The van der Waals surface area contributed by atoms with Gasteiger partial charge in [-0.15, -0.1) is 0 Å². The summed E-state index contributed by atoms with van der Waals surface area (Å²) in [4.78, 5) is 19.3. The van der Waals surface area contributed by atoms with E-state index in [0.29, 0.717) is 23.3 Å². The van der Waals surface area contributed by atoms with Crippen LogP contribution in [0.1, 0.15) is 0 Å². The van der Waals surface area contributed by atoms with Gasteiger partial charge in [0.2, 0.25) is 5.95 Å². The molecule has 2 aromatic heterocycles. The maximum Gasteiger partial charge on any atom is 0.238 e. The van der Waals surface area contributed by atoms with Crippen LogP contribution >= 0.6 is 0 Å². The van der Waals surface area contributed by atoms with Gasteiger partial charge in [-0.3, -0.25) is 4.57 Å². The van der Waals surface area contributed by atoms with Gasteiger partial charge < -0.3 is 0 Å². The quantitative estimate of drug-likeness (QED) is 0.1000. The fourth-order valence-corrected chi connectivity index (χ4v) is 9.32. The summed E-state index contributed by atoms with van der Waals surface area (Å²) in [6, 6.07) is 65.8. The number of hydrogen-bond donors (Lipinski definition) is 0. The normalized spacial score (nSPS) is 11.7. The lowest BCUT2D eigenvalue weighted by molar-refractivity contribution is 0.954. The first kappa shape index (κ1) is 33.0. The SMILES string of the molecule is [C-]#[N+]c1ccc2c3c1ccc1c(-c4c5ccccc5c(-c5cccc6ccccc56)c5ccccc45)ccc(c13)n2-c1nc(-c2ccccc2)nc(-c2ccccc2)n1. The Labute approximate surface area is 339 Å². The van der Waals surface area contributed by atoms with Crippen LogP contribution in [0.25, 0.3) is 121 Å². The third-order valence-corrected chi connectivity index (χ3v) is 11.8. The third kappa shape index (κ3) is 4.94. The maximum atomic E-state index is 8.16. The van der Waals surface area contributed by atoms with Crippen molar-refractivity contribution in [2.45, 2.75) is 0 Å². The lowest BCUT2D eigenvalue weighted by Gasteiger charge is -2.20. The molecule has 0 radical (unpaired) electrons. The summed E-state index contributed by atoms with van der Waals surface area (Å²) in [6.45, 7) is 8.16. The Morgan fingerprint density at radius 3 is 1.44 bits per heavy atom. The average Bonchev–Trinajstić information content (AvgIpc) is 3.65. The molecule has 0 N–H and O–H groups in total. The van der Waals surface area contributed by atoms with Crippen LogP contribution in [0, 0.1) is 6.57 Å². The Balaban J connectivity index is 1.18. The molecule has 0 saturated heterocycles. The number of aromatic nitrogens is 4. The predicted octanol–water partition coefficient (Wildman–Crippen LogP) is 14.2. The third-order valence-electron chi connectivity index (χ3n) is 11.8. The molecular formula is C54H31N5. The molecule has 272 valence electrons. The fraction of sp³-hybridized carbons (Fsp3) is 0. The second-order valence-electron chi connectivity index (χ2n) is 15.0. The van der Waals surface area contributed by atoms with Crippen LogP contribution in [-0.4, -0.2) is 19.5 Å². The van der Waals surface area contributed by atoms with Crippen molar-refractivity contribution in [1.82, 2.24) is 19.5 Å². The Hall–Kier alpha value is -8.20. The topological polar surface area (TPSA) is 48.0 Å². The molecule has 59 heavy (non-hydrogen) atoms. The highest BCUT2D eigenvalue weighted by molar-refractivity contribution is 6.31. The predicted molar refractivity (Wildman–Crippen MR) is 243 cm³/mol. The smallest absolute Gasteiger partial charge is 0.238 e. The van der Waals surface area contributed by atoms with Crippen LogP contribution in [0.3, 0.4) is 0 Å². The van der Waals surface area contributed by atoms with Crippen molar-refractivity contribution in [3.8, 4) is 51.0 Å². The second kappa shape index (κ2) is 12.9. The molecule has 12 rings (SSSR count). The van der Waals surface area contributed by atoms with Crippen LogP contribution in [0.4, 0.5) is 5.69 Å². The standard InChI is InChI=1S/C54H31N5/c1-55-45-30-32-47-51-44(45)28-27-43-42(29-31-46(50(43)51)59(47)54-57-52(34-16-4-2-5-17-34)56-53(58-54)35-18-6-3-7-19-35)49-40-24-12-10-22-38(40)48(39-23-11-13-25-41(39)49)37-26-14-20-33-15-8-9-21-36(33)37/h2-32H. The summed E-state index contributed by atoms with van der Waals surface area (Å²) in [5, 5.41) is 11.4. The summed E-state index contributed by atoms with van der Waals surface area (Å²) in [5.74, 6) is 1.71. The molecule has 5 heteroatoms. The van der Waals surface area contributed by atoms with Gasteiger partial charge in [0.1, 0.15) is 0 Å². The lowest BCUT2D eigenvalue weighted by Crippen LogP contribution is -2.06. The number of hydrogen-bond acceptors (Lipinski definition) is 3. The summed E-state index contributed by atoms with van der Waals surface area (Å²) in [5.41, 5.74) is 9.12. The van der Waals surface area contributed by atoms with Crippen molar-refractivity contribution >= 4 is 70.6 Å². The lowest BCUT2D eigenvalue weighted by atomic mass is 9.83. The molecule has 0 atom stereocenters. The fourth-order valence-electron chi connectivity index (χ4n) is 9.32.